The standard InChI is InChI=1S/C13H28N2O/c1-11(2)14-8-12(3)9-15-7-5-6-13(10-15)16-4/h11-14H,5-10H2,1-4H3. The van der Waals surface area contributed by atoms with Gasteiger partial charge in [-0.05, 0) is 31.8 Å². The highest BCUT2D eigenvalue weighted by atomic mass is 16.5. The molecule has 1 N–H and O–H groups in total. The monoisotopic (exact) mass is 228 g/mol. The fraction of sp³-hybridized carbons (Fsp3) is 1.00. The van der Waals surface area contributed by atoms with Gasteiger partial charge in [0.15, 0.2) is 0 Å². The van der Waals surface area contributed by atoms with Gasteiger partial charge in [0.2, 0.25) is 0 Å². The molecule has 0 saturated carbocycles. The maximum Gasteiger partial charge on any atom is 0.0698 e. The maximum absolute atomic E-state index is 5.44. The van der Waals surface area contributed by atoms with Crippen molar-refractivity contribution >= 4 is 0 Å². The second-order valence-corrected chi connectivity index (χ2v) is 5.43. The highest BCUT2D eigenvalue weighted by molar-refractivity contribution is 4.75. The van der Waals surface area contributed by atoms with Crippen LogP contribution in [0, 0.1) is 5.92 Å². The molecule has 0 aromatic carbocycles. The van der Waals surface area contributed by atoms with Crippen LogP contribution in [0.4, 0.5) is 0 Å². The number of rotatable bonds is 6. The van der Waals surface area contributed by atoms with Crippen LogP contribution in [0.3, 0.4) is 0 Å². The Morgan fingerprint density at radius 2 is 2.12 bits per heavy atom. The fourth-order valence-corrected chi connectivity index (χ4v) is 2.31. The van der Waals surface area contributed by atoms with Crippen LogP contribution < -0.4 is 5.32 Å². The maximum atomic E-state index is 5.44. The van der Waals surface area contributed by atoms with E-state index in [4.69, 9.17) is 4.74 Å². The minimum atomic E-state index is 0.457. The van der Waals surface area contributed by atoms with E-state index >= 15 is 0 Å². The molecule has 3 nitrogen and oxygen atoms in total. The Kier molecular flexibility index (Phi) is 6.32. The van der Waals surface area contributed by atoms with Crippen LogP contribution in [-0.2, 0) is 4.74 Å². The largest absolute Gasteiger partial charge is 0.380 e. The van der Waals surface area contributed by atoms with Gasteiger partial charge in [-0.25, -0.2) is 0 Å². The number of ether oxygens (including phenoxy) is 1. The molecule has 1 aliphatic rings. The van der Waals surface area contributed by atoms with E-state index in [0.717, 1.165) is 19.0 Å². The molecule has 2 unspecified atom stereocenters. The molecule has 2 atom stereocenters. The topological polar surface area (TPSA) is 24.5 Å². The molecule has 1 aliphatic heterocycles. The number of hydrogen-bond donors (Lipinski definition) is 1. The number of hydrogen-bond acceptors (Lipinski definition) is 3. The van der Waals surface area contributed by atoms with E-state index in [0.29, 0.717) is 12.1 Å². The third kappa shape index (κ3) is 5.28. The zero-order valence-corrected chi connectivity index (χ0v) is 11.3. The van der Waals surface area contributed by atoms with E-state index in [1.165, 1.54) is 25.9 Å². The lowest BCUT2D eigenvalue weighted by Crippen LogP contribution is -2.43. The summed E-state index contributed by atoms with van der Waals surface area (Å²) in [6, 6.07) is 0.593. The van der Waals surface area contributed by atoms with E-state index in [1.54, 1.807) is 0 Å². The van der Waals surface area contributed by atoms with Crippen molar-refractivity contribution in [2.45, 2.75) is 45.8 Å². The summed E-state index contributed by atoms with van der Waals surface area (Å²) < 4.78 is 5.44. The molecule has 1 fully saturated rings. The van der Waals surface area contributed by atoms with Gasteiger partial charge in [0.05, 0.1) is 6.10 Å². The Bertz CT molecular complexity index is 185. The average molecular weight is 228 g/mol. The van der Waals surface area contributed by atoms with Gasteiger partial charge in [-0.2, -0.15) is 0 Å². The molecular weight excluding hydrogens is 200 g/mol. The molecule has 16 heavy (non-hydrogen) atoms. The van der Waals surface area contributed by atoms with E-state index in [-0.39, 0.29) is 0 Å². The third-order valence-electron chi connectivity index (χ3n) is 3.24. The Balaban J connectivity index is 2.19. The van der Waals surface area contributed by atoms with Gasteiger partial charge in [0.25, 0.3) is 0 Å². The highest BCUT2D eigenvalue weighted by Gasteiger charge is 2.20. The molecule has 0 radical (unpaired) electrons. The molecule has 0 bridgehead atoms. The van der Waals surface area contributed by atoms with Crippen molar-refractivity contribution in [2.24, 2.45) is 5.92 Å². The number of nitrogens with zero attached hydrogens (tertiary/aromatic N) is 1. The minimum absolute atomic E-state index is 0.457. The van der Waals surface area contributed by atoms with Crippen LogP contribution in [-0.4, -0.2) is 50.3 Å². The molecule has 0 aromatic heterocycles. The summed E-state index contributed by atoms with van der Waals surface area (Å²) in [7, 11) is 1.83. The van der Waals surface area contributed by atoms with Crippen molar-refractivity contribution in [3.8, 4) is 0 Å². The van der Waals surface area contributed by atoms with Crippen molar-refractivity contribution < 1.29 is 4.74 Å². The molecule has 0 amide bonds. The Morgan fingerprint density at radius 3 is 2.75 bits per heavy atom. The Hall–Kier alpha value is -0.120. The predicted octanol–water partition coefficient (Wildman–Crippen LogP) is 1.73. The van der Waals surface area contributed by atoms with Crippen LogP contribution in [0.15, 0.2) is 0 Å². The van der Waals surface area contributed by atoms with E-state index in [1.807, 2.05) is 7.11 Å². The lowest BCUT2D eigenvalue weighted by molar-refractivity contribution is 0.0267. The SMILES string of the molecule is COC1CCCN(CC(C)CNC(C)C)C1. The lowest BCUT2D eigenvalue weighted by Gasteiger charge is -2.33. The van der Waals surface area contributed by atoms with E-state index in [2.05, 4.69) is 31.0 Å². The second-order valence-electron chi connectivity index (χ2n) is 5.43. The third-order valence-corrected chi connectivity index (χ3v) is 3.24. The number of likely N-dealkylation sites (tertiary alicyclic amines) is 1. The quantitative estimate of drug-likeness (QED) is 0.749. The van der Waals surface area contributed by atoms with Crippen LogP contribution in [0.1, 0.15) is 33.6 Å². The van der Waals surface area contributed by atoms with Gasteiger partial charge < -0.3 is 15.0 Å². The van der Waals surface area contributed by atoms with E-state index in [9.17, 15) is 0 Å². The van der Waals surface area contributed by atoms with Crippen LogP contribution in [0.25, 0.3) is 0 Å². The Labute approximate surface area is 101 Å². The normalized spacial score (nSPS) is 24.9. The van der Waals surface area contributed by atoms with Gasteiger partial charge in [-0.1, -0.05) is 20.8 Å². The first-order valence-electron chi connectivity index (χ1n) is 6.60. The molecule has 3 heteroatoms. The summed E-state index contributed by atoms with van der Waals surface area (Å²) in [5, 5.41) is 3.50. The molecule has 1 saturated heterocycles. The molecule has 0 aliphatic carbocycles. The van der Waals surface area contributed by atoms with Crippen molar-refractivity contribution in [1.82, 2.24) is 10.2 Å². The summed E-state index contributed by atoms with van der Waals surface area (Å²) >= 11 is 0. The molecular formula is C13H28N2O. The highest BCUT2D eigenvalue weighted by Crippen LogP contribution is 2.13. The summed E-state index contributed by atoms with van der Waals surface area (Å²) in [4.78, 5) is 2.55. The number of piperidine rings is 1. The van der Waals surface area contributed by atoms with Crippen LogP contribution in [0.5, 0.6) is 0 Å². The summed E-state index contributed by atoms with van der Waals surface area (Å²) in [5.74, 6) is 0.720. The molecule has 96 valence electrons. The smallest absolute Gasteiger partial charge is 0.0698 e. The summed E-state index contributed by atoms with van der Waals surface area (Å²) in [6.07, 6.45) is 2.97. The van der Waals surface area contributed by atoms with Crippen molar-refractivity contribution in [2.75, 3.05) is 33.3 Å². The fourth-order valence-electron chi connectivity index (χ4n) is 2.31. The van der Waals surface area contributed by atoms with E-state index < -0.39 is 0 Å². The zero-order chi connectivity index (χ0) is 12.0. The summed E-state index contributed by atoms with van der Waals surface area (Å²) in [6.45, 7) is 11.4. The average Bonchev–Trinajstić information content (AvgIpc) is 2.26. The molecule has 1 rings (SSSR count). The second kappa shape index (κ2) is 7.25. The Morgan fingerprint density at radius 1 is 1.38 bits per heavy atom. The summed E-state index contributed by atoms with van der Waals surface area (Å²) in [5.41, 5.74) is 0. The molecule has 0 spiro atoms. The van der Waals surface area contributed by atoms with Crippen LogP contribution >= 0.6 is 0 Å². The minimum Gasteiger partial charge on any atom is -0.380 e. The lowest BCUT2D eigenvalue weighted by atomic mass is 10.1. The van der Waals surface area contributed by atoms with Gasteiger partial charge in [-0.3, -0.25) is 0 Å². The first kappa shape index (κ1) is 13.9. The molecule has 1 heterocycles. The molecule has 0 aromatic rings. The number of methoxy groups -OCH3 is 1. The van der Waals surface area contributed by atoms with Crippen molar-refractivity contribution in [3.63, 3.8) is 0 Å². The van der Waals surface area contributed by atoms with Crippen molar-refractivity contribution in [1.29, 1.82) is 0 Å². The first-order chi connectivity index (χ1) is 7.61. The number of nitrogens with one attached hydrogen (secondary N) is 1. The van der Waals surface area contributed by atoms with Crippen molar-refractivity contribution in [3.05, 3.63) is 0 Å². The van der Waals surface area contributed by atoms with Gasteiger partial charge in [0, 0.05) is 26.2 Å². The van der Waals surface area contributed by atoms with Gasteiger partial charge in [-0.15, -0.1) is 0 Å². The first-order valence-corrected chi connectivity index (χ1v) is 6.60. The predicted molar refractivity (Wildman–Crippen MR) is 68.8 cm³/mol. The van der Waals surface area contributed by atoms with Gasteiger partial charge in [0.1, 0.15) is 0 Å². The zero-order valence-electron chi connectivity index (χ0n) is 11.3. The van der Waals surface area contributed by atoms with Gasteiger partial charge >= 0.3 is 0 Å². The van der Waals surface area contributed by atoms with Crippen LogP contribution in [0.2, 0.25) is 0 Å².